The SMILES string of the molecule is COc1cccc(COC(C)C(=O)N2CCCC2CN)c1. The van der Waals surface area contributed by atoms with Gasteiger partial charge in [-0.3, -0.25) is 4.79 Å². The van der Waals surface area contributed by atoms with Crippen LogP contribution in [0.1, 0.15) is 25.3 Å². The predicted octanol–water partition coefficient (Wildman–Crippen LogP) is 1.55. The van der Waals surface area contributed by atoms with E-state index in [1.165, 1.54) is 0 Å². The molecule has 1 fully saturated rings. The van der Waals surface area contributed by atoms with E-state index in [1.807, 2.05) is 29.2 Å². The van der Waals surface area contributed by atoms with Gasteiger partial charge in [0.2, 0.25) is 0 Å². The van der Waals surface area contributed by atoms with Gasteiger partial charge in [0.15, 0.2) is 0 Å². The molecule has 1 heterocycles. The lowest BCUT2D eigenvalue weighted by molar-refractivity contribution is -0.144. The van der Waals surface area contributed by atoms with Crippen LogP contribution in [0.25, 0.3) is 0 Å². The molecule has 5 heteroatoms. The third-order valence-electron chi connectivity index (χ3n) is 3.91. The number of hydrogen-bond acceptors (Lipinski definition) is 4. The molecule has 1 aliphatic heterocycles. The number of carbonyl (C=O) groups is 1. The van der Waals surface area contributed by atoms with Gasteiger partial charge in [-0.2, -0.15) is 0 Å². The fourth-order valence-corrected chi connectivity index (χ4v) is 2.66. The van der Waals surface area contributed by atoms with Crippen molar-refractivity contribution in [3.63, 3.8) is 0 Å². The van der Waals surface area contributed by atoms with Crippen LogP contribution in [0.15, 0.2) is 24.3 Å². The van der Waals surface area contributed by atoms with Crippen LogP contribution in [-0.2, 0) is 16.1 Å². The van der Waals surface area contributed by atoms with Crippen molar-refractivity contribution in [3.8, 4) is 5.75 Å². The second kappa shape index (κ2) is 7.43. The molecule has 2 rings (SSSR count). The number of nitrogens with two attached hydrogens (primary N) is 1. The minimum absolute atomic E-state index is 0.0332. The summed E-state index contributed by atoms with van der Waals surface area (Å²) in [5, 5.41) is 0. The van der Waals surface area contributed by atoms with E-state index >= 15 is 0 Å². The normalized spacial score (nSPS) is 19.6. The smallest absolute Gasteiger partial charge is 0.251 e. The first-order valence-electron chi connectivity index (χ1n) is 7.40. The zero-order chi connectivity index (χ0) is 15.2. The summed E-state index contributed by atoms with van der Waals surface area (Å²) in [6, 6.07) is 7.83. The van der Waals surface area contributed by atoms with Crippen LogP contribution < -0.4 is 10.5 Å². The fraction of sp³-hybridized carbons (Fsp3) is 0.562. The van der Waals surface area contributed by atoms with Gasteiger partial charge in [0.05, 0.1) is 13.7 Å². The summed E-state index contributed by atoms with van der Waals surface area (Å²) in [5.41, 5.74) is 6.70. The summed E-state index contributed by atoms with van der Waals surface area (Å²) in [4.78, 5) is 14.2. The highest BCUT2D eigenvalue weighted by molar-refractivity contribution is 5.81. The number of benzene rings is 1. The van der Waals surface area contributed by atoms with Crippen molar-refractivity contribution in [2.24, 2.45) is 5.73 Å². The highest BCUT2D eigenvalue weighted by Crippen LogP contribution is 2.19. The van der Waals surface area contributed by atoms with Crippen molar-refractivity contribution in [1.29, 1.82) is 0 Å². The zero-order valence-electron chi connectivity index (χ0n) is 12.7. The van der Waals surface area contributed by atoms with Crippen molar-refractivity contribution in [3.05, 3.63) is 29.8 Å². The molecule has 0 spiro atoms. The molecular formula is C16H24N2O3. The third kappa shape index (κ3) is 3.95. The number of methoxy groups -OCH3 is 1. The lowest BCUT2D eigenvalue weighted by atomic mass is 10.2. The summed E-state index contributed by atoms with van der Waals surface area (Å²) < 4.78 is 10.9. The highest BCUT2D eigenvalue weighted by Gasteiger charge is 2.30. The number of amides is 1. The fourth-order valence-electron chi connectivity index (χ4n) is 2.66. The molecule has 1 aromatic carbocycles. The summed E-state index contributed by atoms with van der Waals surface area (Å²) in [7, 11) is 1.63. The molecule has 5 nitrogen and oxygen atoms in total. The second-order valence-electron chi connectivity index (χ2n) is 5.37. The molecular weight excluding hydrogens is 268 g/mol. The molecule has 1 amide bonds. The van der Waals surface area contributed by atoms with Gasteiger partial charge in [-0.1, -0.05) is 12.1 Å². The molecule has 1 saturated heterocycles. The van der Waals surface area contributed by atoms with Gasteiger partial charge in [-0.05, 0) is 37.5 Å². The summed E-state index contributed by atoms with van der Waals surface area (Å²) >= 11 is 0. The first-order chi connectivity index (χ1) is 10.2. The van der Waals surface area contributed by atoms with E-state index in [0.29, 0.717) is 13.2 Å². The summed E-state index contributed by atoms with van der Waals surface area (Å²) in [6.45, 7) is 3.50. The van der Waals surface area contributed by atoms with Crippen LogP contribution in [0.5, 0.6) is 5.75 Å². The van der Waals surface area contributed by atoms with Crippen LogP contribution in [0, 0.1) is 0 Å². The van der Waals surface area contributed by atoms with Crippen LogP contribution in [-0.4, -0.2) is 43.2 Å². The predicted molar refractivity (Wildman–Crippen MR) is 81.0 cm³/mol. The maximum absolute atomic E-state index is 12.4. The van der Waals surface area contributed by atoms with Gasteiger partial charge in [0.25, 0.3) is 5.91 Å². The highest BCUT2D eigenvalue weighted by atomic mass is 16.5. The molecule has 0 bridgehead atoms. The Kier molecular flexibility index (Phi) is 5.59. The molecule has 2 atom stereocenters. The lowest BCUT2D eigenvalue weighted by Gasteiger charge is -2.26. The van der Waals surface area contributed by atoms with Crippen molar-refractivity contribution in [1.82, 2.24) is 4.90 Å². The van der Waals surface area contributed by atoms with Crippen LogP contribution in [0.3, 0.4) is 0 Å². The molecule has 0 saturated carbocycles. The first kappa shape index (κ1) is 15.8. The number of hydrogen-bond donors (Lipinski definition) is 1. The van der Waals surface area contributed by atoms with E-state index < -0.39 is 6.10 Å². The Labute approximate surface area is 126 Å². The minimum atomic E-state index is -0.455. The average Bonchev–Trinajstić information content (AvgIpc) is 3.00. The van der Waals surface area contributed by atoms with Crippen molar-refractivity contribution in [2.45, 2.75) is 38.5 Å². The molecule has 1 aliphatic rings. The first-order valence-corrected chi connectivity index (χ1v) is 7.40. The Bertz CT molecular complexity index is 478. The maximum Gasteiger partial charge on any atom is 0.251 e. The maximum atomic E-state index is 12.4. The van der Waals surface area contributed by atoms with Crippen LogP contribution >= 0.6 is 0 Å². The Morgan fingerprint density at radius 2 is 2.33 bits per heavy atom. The second-order valence-corrected chi connectivity index (χ2v) is 5.37. The van der Waals surface area contributed by atoms with E-state index in [0.717, 1.165) is 30.7 Å². The number of likely N-dealkylation sites (tertiary alicyclic amines) is 1. The lowest BCUT2D eigenvalue weighted by Crippen LogP contribution is -2.44. The Morgan fingerprint density at radius 1 is 1.52 bits per heavy atom. The molecule has 0 aromatic heterocycles. The van der Waals surface area contributed by atoms with Gasteiger partial charge in [0.1, 0.15) is 11.9 Å². The van der Waals surface area contributed by atoms with Gasteiger partial charge in [-0.15, -0.1) is 0 Å². The third-order valence-corrected chi connectivity index (χ3v) is 3.91. The van der Waals surface area contributed by atoms with E-state index in [-0.39, 0.29) is 11.9 Å². The van der Waals surface area contributed by atoms with Gasteiger partial charge >= 0.3 is 0 Å². The van der Waals surface area contributed by atoms with Gasteiger partial charge < -0.3 is 20.1 Å². The minimum Gasteiger partial charge on any atom is -0.497 e. The molecule has 116 valence electrons. The number of carbonyl (C=O) groups excluding carboxylic acids is 1. The largest absolute Gasteiger partial charge is 0.497 e. The van der Waals surface area contributed by atoms with Crippen molar-refractivity contribution in [2.75, 3.05) is 20.2 Å². The van der Waals surface area contributed by atoms with E-state index in [2.05, 4.69) is 0 Å². The number of nitrogens with zero attached hydrogens (tertiary/aromatic N) is 1. The van der Waals surface area contributed by atoms with Crippen molar-refractivity contribution < 1.29 is 14.3 Å². The quantitative estimate of drug-likeness (QED) is 0.864. The molecule has 0 radical (unpaired) electrons. The Hall–Kier alpha value is -1.59. The monoisotopic (exact) mass is 292 g/mol. The molecule has 2 unspecified atom stereocenters. The molecule has 21 heavy (non-hydrogen) atoms. The average molecular weight is 292 g/mol. The van der Waals surface area contributed by atoms with E-state index in [1.54, 1.807) is 14.0 Å². The number of ether oxygens (including phenoxy) is 2. The molecule has 0 aliphatic carbocycles. The van der Waals surface area contributed by atoms with Crippen LogP contribution in [0.4, 0.5) is 0 Å². The molecule has 2 N–H and O–H groups in total. The standard InChI is InChI=1S/C16H24N2O3/c1-12(16(19)18-8-4-6-14(18)10-17)21-11-13-5-3-7-15(9-13)20-2/h3,5,7,9,12,14H,4,6,8,10-11,17H2,1-2H3. The summed E-state index contributed by atoms with van der Waals surface area (Å²) in [5.74, 6) is 0.823. The zero-order valence-corrected chi connectivity index (χ0v) is 12.7. The van der Waals surface area contributed by atoms with E-state index in [9.17, 15) is 4.79 Å². The van der Waals surface area contributed by atoms with E-state index in [4.69, 9.17) is 15.2 Å². The molecule has 1 aromatic rings. The van der Waals surface area contributed by atoms with Gasteiger partial charge in [-0.25, -0.2) is 0 Å². The Balaban J connectivity index is 1.88. The topological polar surface area (TPSA) is 64.8 Å². The Morgan fingerprint density at radius 3 is 3.05 bits per heavy atom. The number of rotatable bonds is 6. The van der Waals surface area contributed by atoms with Gasteiger partial charge in [0, 0.05) is 19.1 Å². The van der Waals surface area contributed by atoms with Crippen molar-refractivity contribution >= 4 is 5.91 Å². The summed E-state index contributed by atoms with van der Waals surface area (Å²) in [6.07, 6.45) is 1.56. The van der Waals surface area contributed by atoms with Crippen LogP contribution in [0.2, 0.25) is 0 Å².